The number of anilines is 2. The molecule has 4 fully saturated rings. The number of piperidine rings is 2. The molecule has 0 radical (unpaired) electrons. The Bertz CT molecular complexity index is 2650. The van der Waals surface area contributed by atoms with Gasteiger partial charge in [-0.25, -0.2) is 18.7 Å². The molecule has 2 atom stereocenters. The van der Waals surface area contributed by atoms with Gasteiger partial charge in [0.15, 0.2) is 0 Å². The number of ketones is 1. The van der Waals surface area contributed by atoms with Crippen molar-refractivity contribution in [2.45, 2.75) is 99.1 Å². The first kappa shape index (κ1) is 39.8. The van der Waals surface area contributed by atoms with Gasteiger partial charge >= 0.3 is 0 Å². The summed E-state index contributed by atoms with van der Waals surface area (Å²) in [6.45, 7) is 2.18. The average molecular weight is 855 g/mol. The van der Waals surface area contributed by atoms with E-state index in [1.54, 1.807) is 0 Å². The van der Waals surface area contributed by atoms with Crippen LogP contribution in [0.15, 0.2) is 109 Å². The van der Waals surface area contributed by atoms with E-state index in [2.05, 4.69) is 94.9 Å². The Morgan fingerprint density at radius 3 is 1.36 bits per heavy atom. The number of hydrogen-bond donors (Lipinski definition) is 2. The Morgan fingerprint density at radius 1 is 0.547 bits per heavy atom. The lowest BCUT2D eigenvalue weighted by atomic mass is 9.73. The molecule has 9 heteroatoms. The van der Waals surface area contributed by atoms with E-state index in [0.717, 1.165) is 60.3 Å². The molecule has 2 spiro atoms. The van der Waals surface area contributed by atoms with Crippen LogP contribution in [-0.2, 0) is 10.8 Å². The fourth-order valence-electron chi connectivity index (χ4n) is 12.3. The van der Waals surface area contributed by atoms with E-state index in [-0.39, 0.29) is 22.2 Å². The molecule has 4 heterocycles. The number of carbonyl (C=O) groups excluding carboxylic acids is 1. The number of carbonyl (C=O) groups is 1. The van der Waals surface area contributed by atoms with Crippen LogP contribution in [0.2, 0.25) is 0 Å². The standard InChI is InChI=1S/C55H52F2N4O3/c56-37-27-47(60-21-17-54(18-22-60)29-49(62)43-25-35(13-15-45(43)54)41-7-3-1-5-39(41)33-9-10-33)51(58-31-37)53(64)52-48(28-38(57)32-59-52)61-23-19-55(20-24-61)30-50(63)44-26-36(14-16-46(44)55)42-8-4-2-6-40(42)34-11-12-34/h1-8,13-16,25-28,31-34,49-50,62-63H,9-12,17-24,29-30H2. The number of fused-ring (bicyclic) bond motifs is 4. The maximum atomic E-state index is 15.1. The zero-order valence-corrected chi connectivity index (χ0v) is 35.9. The molecular weight excluding hydrogens is 803 g/mol. The number of benzene rings is 4. The predicted molar refractivity (Wildman–Crippen MR) is 245 cm³/mol. The number of halogens is 2. The van der Waals surface area contributed by atoms with Gasteiger partial charge in [0, 0.05) is 49.1 Å². The van der Waals surface area contributed by atoms with Crippen LogP contribution < -0.4 is 9.80 Å². The molecule has 12 rings (SSSR count). The lowest BCUT2D eigenvalue weighted by molar-refractivity contribution is 0.103. The minimum Gasteiger partial charge on any atom is -0.388 e. The SMILES string of the molecule is O=C(c1ncc(F)cc1N1CCC2(CC1)CC(O)c1cc(-c3ccccc3C3CC3)ccc12)c1ncc(F)cc1N1CCC2(CC1)CC(O)c1cc(-c3ccccc3C3CC3)ccc12. The lowest BCUT2D eigenvalue weighted by Gasteiger charge is -2.42. The Hall–Kier alpha value is -5.77. The first-order chi connectivity index (χ1) is 31.2. The van der Waals surface area contributed by atoms with Crippen LogP contribution in [-0.4, -0.2) is 52.1 Å². The maximum Gasteiger partial charge on any atom is 0.233 e. The van der Waals surface area contributed by atoms with Gasteiger partial charge in [-0.3, -0.25) is 4.79 Å². The molecule has 4 aromatic carbocycles. The van der Waals surface area contributed by atoms with Crippen LogP contribution in [0.5, 0.6) is 0 Å². The van der Waals surface area contributed by atoms with Crippen LogP contribution in [0.25, 0.3) is 22.3 Å². The smallest absolute Gasteiger partial charge is 0.233 e. The first-order valence-corrected chi connectivity index (χ1v) is 23.4. The summed E-state index contributed by atoms with van der Waals surface area (Å²) in [5, 5.41) is 23.0. The number of nitrogens with zero attached hydrogens (tertiary/aromatic N) is 4. The lowest BCUT2D eigenvalue weighted by Crippen LogP contribution is -2.43. The molecule has 6 aliphatic rings. The Labute approximate surface area is 372 Å². The molecule has 2 aromatic heterocycles. The Balaban J connectivity index is 0.780. The first-order valence-electron chi connectivity index (χ1n) is 23.4. The molecule has 324 valence electrons. The number of hydrogen-bond acceptors (Lipinski definition) is 7. The van der Waals surface area contributed by atoms with Gasteiger partial charge < -0.3 is 20.0 Å². The highest BCUT2D eigenvalue weighted by Crippen LogP contribution is 2.55. The summed E-state index contributed by atoms with van der Waals surface area (Å²) in [6.07, 6.45) is 10.0. The van der Waals surface area contributed by atoms with E-state index < -0.39 is 29.6 Å². The number of rotatable bonds is 8. The summed E-state index contributed by atoms with van der Waals surface area (Å²) in [5.74, 6) is -0.336. The van der Waals surface area contributed by atoms with Gasteiger partial charge in [0.2, 0.25) is 5.78 Å². The van der Waals surface area contributed by atoms with Gasteiger partial charge in [0.25, 0.3) is 0 Å². The van der Waals surface area contributed by atoms with Crippen molar-refractivity contribution >= 4 is 17.2 Å². The fourth-order valence-corrected chi connectivity index (χ4v) is 12.3. The molecular formula is C55H52F2N4O3. The van der Waals surface area contributed by atoms with Gasteiger partial charge in [-0.15, -0.1) is 0 Å². The number of pyridine rings is 2. The zero-order chi connectivity index (χ0) is 43.3. The Kier molecular flexibility index (Phi) is 9.43. The van der Waals surface area contributed by atoms with E-state index in [1.807, 2.05) is 9.80 Å². The average Bonchev–Trinajstić information content (AvgIpc) is 4.27. The van der Waals surface area contributed by atoms with Gasteiger partial charge in [0.1, 0.15) is 23.0 Å². The van der Waals surface area contributed by atoms with E-state index in [0.29, 0.717) is 62.2 Å². The highest BCUT2D eigenvalue weighted by Gasteiger charge is 2.47. The summed E-state index contributed by atoms with van der Waals surface area (Å²) < 4.78 is 30.2. The van der Waals surface area contributed by atoms with Gasteiger partial charge in [-0.05, 0) is 144 Å². The van der Waals surface area contributed by atoms with E-state index in [9.17, 15) is 15.0 Å². The van der Waals surface area contributed by atoms with Crippen LogP contribution in [0.1, 0.15) is 138 Å². The largest absolute Gasteiger partial charge is 0.388 e. The van der Waals surface area contributed by atoms with Crippen molar-refractivity contribution in [3.63, 3.8) is 0 Å². The normalized spacial score (nSPS) is 21.9. The van der Waals surface area contributed by atoms with Crippen LogP contribution in [0, 0.1) is 11.6 Å². The second-order valence-electron chi connectivity index (χ2n) is 19.7. The predicted octanol–water partition coefficient (Wildman–Crippen LogP) is 11.0. The van der Waals surface area contributed by atoms with Crippen molar-refractivity contribution in [2.24, 2.45) is 0 Å². The van der Waals surface area contributed by atoms with Gasteiger partial charge in [0.05, 0.1) is 36.0 Å². The quantitative estimate of drug-likeness (QED) is 0.147. The molecule has 6 aromatic rings. The highest BCUT2D eigenvalue weighted by atomic mass is 19.1. The molecule has 2 aliphatic heterocycles. The van der Waals surface area contributed by atoms with Crippen LogP contribution in [0.4, 0.5) is 20.2 Å². The molecule has 4 aliphatic carbocycles. The zero-order valence-electron chi connectivity index (χ0n) is 35.9. The van der Waals surface area contributed by atoms with E-state index in [1.165, 1.54) is 71.2 Å². The van der Waals surface area contributed by atoms with Crippen LogP contribution in [0.3, 0.4) is 0 Å². The van der Waals surface area contributed by atoms with Crippen molar-refractivity contribution in [1.29, 1.82) is 0 Å². The topological polar surface area (TPSA) is 89.8 Å². The highest BCUT2D eigenvalue weighted by molar-refractivity contribution is 6.13. The number of aliphatic hydroxyl groups is 2. The molecule has 0 amide bonds. The van der Waals surface area contributed by atoms with Crippen molar-refractivity contribution in [2.75, 3.05) is 36.0 Å². The van der Waals surface area contributed by atoms with Crippen molar-refractivity contribution in [1.82, 2.24) is 9.97 Å². The molecule has 2 saturated carbocycles. The van der Waals surface area contributed by atoms with E-state index >= 15 is 8.78 Å². The van der Waals surface area contributed by atoms with Crippen LogP contribution >= 0.6 is 0 Å². The Morgan fingerprint density at radius 2 is 0.953 bits per heavy atom. The molecule has 7 nitrogen and oxygen atoms in total. The minimum absolute atomic E-state index is 0.0870. The van der Waals surface area contributed by atoms with E-state index in [4.69, 9.17) is 0 Å². The minimum atomic E-state index is -0.573. The summed E-state index contributed by atoms with van der Waals surface area (Å²) in [4.78, 5) is 27.5. The van der Waals surface area contributed by atoms with Gasteiger partial charge in [-0.1, -0.05) is 72.8 Å². The van der Waals surface area contributed by atoms with Crippen molar-refractivity contribution in [3.05, 3.63) is 166 Å². The fraction of sp³-hybridized carbons (Fsp3) is 0.364. The molecule has 0 bridgehead atoms. The van der Waals surface area contributed by atoms with Crippen molar-refractivity contribution in [3.8, 4) is 22.3 Å². The summed E-state index contributed by atoms with van der Waals surface area (Å²) >= 11 is 0. The second-order valence-corrected chi connectivity index (χ2v) is 19.7. The third kappa shape index (κ3) is 6.68. The third-order valence-electron chi connectivity index (χ3n) is 15.9. The van der Waals surface area contributed by atoms with Crippen molar-refractivity contribution < 1.29 is 23.8 Å². The summed E-state index contributed by atoms with van der Waals surface area (Å²) in [6, 6.07) is 33.2. The number of aromatic nitrogens is 2. The molecule has 2 N–H and O–H groups in total. The number of aliphatic hydroxyl groups excluding tert-OH is 2. The molecule has 64 heavy (non-hydrogen) atoms. The summed E-state index contributed by atoms with van der Waals surface area (Å²) in [5.41, 5.74) is 12.4. The summed E-state index contributed by atoms with van der Waals surface area (Å²) in [7, 11) is 0. The maximum absolute atomic E-state index is 15.1. The third-order valence-corrected chi connectivity index (χ3v) is 15.9. The molecule has 2 saturated heterocycles. The molecule has 2 unspecified atom stereocenters. The van der Waals surface area contributed by atoms with Gasteiger partial charge in [-0.2, -0.15) is 0 Å². The second kappa shape index (κ2) is 15.2. The monoisotopic (exact) mass is 854 g/mol.